The molecule has 1 heterocycles. The maximum atomic E-state index is 14.0. The van der Waals surface area contributed by atoms with Crippen molar-refractivity contribution in [3.63, 3.8) is 0 Å². The van der Waals surface area contributed by atoms with Gasteiger partial charge in [0.25, 0.3) is 0 Å². The molecule has 1 amide bonds. The van der Waals surface area contributed by atoms with E-state index in [0.29, 0.717) is 23.1 Å². The molecule has 2 aliphatic rings. The molecule has 0 aromatic heterocycles. The number of fused-ring (bicyclic) bond motifs is 1. The molecule has 212 valence electrons. The van der Waals surface area contributed by atoms with Gasteiger partial charge in [-0.1, -0.05) is 12.1 Å². The average molecular weight is 593 g/mol. The van der Waals surface area contributed by atoms with Gasteiger partial charge in [0.15, 0.2) is 0 Å². The fraction of sp³-hybridized carbons (Fsp3) is 0.240. The van der Waals surface area contributed by atoms with Gasteiger partial charge in [-0.3, -0.25) is 4.90 Å². The molecule has 1 saturated heterocycles. The van der Waals surface area contributed by atoms with Crippen LogP contribution in [-0.2, 0) is 27.5 Å². The predicted molar refractivity (Wildman–Crippen MR) is 121 cm³/mol. The number of carbonyl (C=O) groups is 1. The van der Waals surface area contributed by atoms with Gasteiger partial charge in [-0.2, -0.15) is 30.4 Å². The number of alkyl halides is 3. The fourth-order valence-corrected chi connectivity index (χ4v) is 5.73. The average Bonchev–Trinajstić information content (AvgIpc) is 3.53. The monoisotopic (exact) mass is 593 g/mol. The van der Waals surface area contributed by atoms with Crippen molar-refractivity contribution >= 4 is 21.9 Å². The molecule has 40 heavy (non-hydrogen) atoms. The third-order valence-electron chi connectivity index (χ3n) is 6.63. The van der Waals surface area contributed by atoms with Crippen molar-refractivity contribution in [2.45, 2.75) is 29.8 Å². The Kier molecular flexibility index (Phi) is 6.67. The minimum atomic E-state index is -5.09. The zero-order valence-electron chi connectivity index (χ0n) is 19.8. The van der Waals surface area contributed by atoms with Crippen molar-refractivity contribution in [3.8, 4) is 5.75 Å². The number of cyclic esters (lactones) is 1. The Labute approximate surface area is 220 Å². The first-order chi connectivity index (χ1) is 18.7. The van der Waals surface area contributed by atoms with Gasteiger partial charge in [-0.05, 0) is 53.8 Å². The molecular weight excluding hydrogens is 578 g/mol. The number of anilines is 1. The second-order valence-electron chi connectivity index (χ2n) is 8.93. The first-order valence-corrected chi connectivity index (χ1v) is 12.9. The van der Waals surface area contributed by atoms with E-state index in [1.54, 1.807) is 0 Å². The highest BCUT2D eigenvalue weighted by Crippen LogP contribution is 2.45. The summed E-state index contributed by atoms with van der Waals surface area (Å²) >= 11 is 0. The second-order valence-corrected chi connectivity index (χ2v) is 10.5. The Morgan fingerprint density at radius 2 is 1.50 bits per heavy atom. The number of hydrogen-bond donors (Lipinski definition) is 0. The standard InChI is InChI=1S/C25H15F8NO5S/c26-18-19(27)21(29)23(22(30)20(18)28)39-40(36,37)13-3-6-14-11(9-13)1-4-15(14)16-5-2-12(25(31,32)33)10-17(16)34-7-8-38-24(34)35/h2-3,5-6,9-10,15H,1,4,7-8H2. The van der Waals surface area contributed by atoms with E-state index in [1.165, 1.54) is 12.1 Å². The van der Waals surface area contributed by atoms with Crippen LogP contribution in [0.3, 0.4) is 0 Å². The summed E-state index contributed by atoms with van der Waals surface area (Å²) in [5.41, 5.74) is 0.196. The highest BCUT2D eigenvalue weighted by molar-refractivity contribution is 7.87. The second kappa shape index (κ2) is 9.64. The minimum absolute atomic E-state index is 0.0128. The normalized spacial score (nSPS) is 17.2. The van der Waals surface area contributed by atoms with Crippen LogP contribution < -0.4 is 9.08 Å². The van der Waals surface area contributed by atoms with Crippen molar-refractivity contribution < 1.29 is 57.3 Å². The lowest BCUT2D eigenvalue weighted by Gasteiger charge is -2.23. The molecule has 0 saturated carbocycles. The summed E-state index contributed by atoms with van der Waals surface area (Å²) in [5.74, 6) is -14.8. The van der Waals surface area contributed by atoms with Crippen LogP contribution in [0.15, 0.2) is 41.3 Å². The fourth-order valence-electron chi connectivity index (χ4n) is 4.75. The zero-order valence-corrected chi connectivity index (χ0v) is 20.6. The summed E-state index contributed by atoms with van der Waals surface area (Å²) < 4.78 is 143. The number of rotatable bonds is 5. The van der Waals surface area contributed by atoms with Crippen LogP contribution in [0.4, 0.5) is 45.6 Å². The Morgan fingerprint density at radius 1 is 0.875 bits per heavy atom. The zero-order chi connectivity index (χ0) is 29.1. The summed E-state index contributed by atoms with van der Waals surface area (Å²) in [6.45, 7) is -0.0149. The van der Waals surface area contributed by atoms with E-state index in [-0.39, 0.29) is 25.3 Å². The van der Waals surface area contributed by atoms with Gasteiger partial charge in [-0.15, -0.1) is 0 Å². The number of benzene rings is 3. The van der Waals surface area contributed by atoms with E-state index in [2.05, 4.69) is 4.18 Å². The molecule has 6 nitrogen and oxygen atoms in total. The van der Waals surface area contributed by atoms with E-state index in [9.17, 15) is 48.3 Å². The van der Waals surface area contributed by atoms with Gasteiger partial charge < -0.3 is 8.92 Å². The van der Waals surface area contributed by atoms with Crippen LogP contribution in [0.1, 0.15) is 34.6 Å². The molecule has 1 aliphatic heterocycles. The van der Waals surface area contributed by atoms with Crippen LogP contribution >= 0.6 is 0 Å². The topological polar surface area (TPSA) is 72.9 Å². The van der Waals surface area contributed by atoms with E-state index in [1.807, 2.05) is 0 Å². The van der Waals surface area contributed by atoms with Crippen LogP contribution in [0.5, 0.6) is 5.75 Å². The summed E-state index contributed by atoms with van der Waals surface area (Å²) in [6, 6.07) is 6.24. The first kappa shape index (κ1) is 27.7. The molecule has 3 aromatic rings. The van der Waals surface area contributed by atoms with Crippen LogP contribution in [0, 0.1) is 29.1 Å². The molecule has 15 heteroatoms. The van der Waals surface area contributed by atoms with Gasteiger partial charge >= 0.3 is 22.4 Å². The molecule has 0 N–H and O–H groups in total. The summed E-state index contributed by atoms with van der Waals surface area (Å²) in [5, 5.41) is 0. The third kappa shape index (κ3) is 4.61. The Balaban J connectivity index is 1.51. The number of aryl methyl sites for hydroxylation is 1. The maximum Gasteiger partial charge on any atom is 0.416 e. The van der Waals surface area contributed by atoms with Gasteiger partial charge in [0, 0.05) is 5.92 Å². The lowest BCUT2D eigenvalue weighted by Crippen LogP contribution is -2.26. The molecule has 0 bridgehead atoms. The highest BCUT2D eigenvalue weighted by Gasteiger charge is 2.37. The van der Waals surface area contributed by atoms with Gasteiger partial charge in [0.05, 0.1) is 17.8 Å². The molecule has 1 atom stereocenters. The number of halogens is 8. The van der Waals surface area contributed by atoms with E-state index in [0.717, 1.165) is 29.2 Å². The van der Waals surface area contributed by atoms with Crippen molar-refractivity contribution in [3.05, 3.63) is 87.7 Å². The SMILES string of the molecule is O=C1OCCN1c1cc(C(F)(F)F)ccc1C1CCc2cc(S(=O)(=O)Oc3c(F)c(F)c(F)c(F)c3F)ccc21. The number of carbonyl (C=O) groups excluding carboxylic acids is 1. The van der Waals surface area contributed by atoms with Gasteiger partial charge in [0.1, 0.15) is 11.5 Å². The quantitative estimate of drug-likeness (QED) is 0.152. The van der Waals surface area contributed by atoms with Crippen molar-refractivity contribution in [1.82, 2.24) is 0 Å². The summed E-state index contributed by atoms with van der Waals surface area (Å²) in [6.07, 6.45) is -5.02. The predicted octanol–water partition coefficient (Wildman–Crippen LogP) is 6.20. The lowest BCUT2D eigenvalue weighted by molar-refractivity contribution is -0.137. The molecule has 5 rings (SSSR count). The number of nitrogens with zero attached hydrogens (tertiary/aromatic N) is 1. The number of ether oxygens (including phenoxy) is 1. The van der Waals surface area contributed by atoms with Crippen LogP contribution in [-0.4, -0.2) is 27.7 Å². The van der Waals surface area contributed by atoms with Crippen molar-refractivity contribution in [2.75, 3.05) is 18.1 Å². The first-order valence-electron chi connectivity index (χ1n) is 11.4. The Bertz CT molecular complexity index is 1630. The summed E-state index contributed by atoms with van der Waals surface area (Å²) in [4.78, 5) is 12.6. The van der Waals surface area contributed by atoms with E-state index < -0.39 is 73.6 Å². The lowest BCUT2D eigenvalue weighted by atomic mass is 9.90. The van der Waals surface area contributed by atoms with Crippen LogP contribution in [0.25, 0.3) is 0 Å². The Morgan fingerprint density at radius 3 is 2.10 bits per heavy atom. The Hall–Kier alpha value is -3.88. The molecule has 3 aromatic carbocycles. The third-order valence-corrected chi connectivity index (χ3v) is 7.85. The maximum absolute atomic E-state index is 14.0. The highest BCUT2D eigenvalue weighted by atomic mass is 32.2. The van der Waals surface area contributed by atoms with E-state index >= 15 is 0 Å². The summed E-state index contributed by atoms with van der Waals surface area (Å²) in [7, 11) is -5.09. The van der Waals surface area contributed by atoms with Crippen molar-refractivity contribution in [1.29, 1.82) is 0 Å². The molecule has 1 aliphatic carbocycles. The van der Waals surface area contributed by atoms with Crippen molar-refractivity contribution in [2.24, 2.45) is 0 Å². The minimum Gasteiger partial charge on any atom is -0.447 e. The number of hydrogen-bond acceptors (Lipinski definition) is 5. The molecular formula is C25H15F8NO5S. The molecule has 1 unspecified atom stereocenters. The largest absolute Gasteiger partial charge is 0.447 e. The molecule has 0 spiro atoms. The smallest absolute Gasteiger partial charge is 0.416 e. The number of amides is 1. The van der Waals surface area contributed by atoms with E-state index in [4.69, 9.17) is 4.74 Å². The van der Waals surface area contributed by atoms with Gasteiger partial charge in [-0.25, -0.2) is 18.0 Å². The van der Waals surface area contributed by atoms with Gasteiger partial charge in [0.2, 0.25) is 34.8 Å². The molecule has 1 fully saturated rings. The van der Waals surface area contributed by atoms with Crippen LogP contribution in [0.2, 0.25) is 0 Å². The molecule has 0 radical (unpaired) electrons.